The quantitative estimate of drug-likeness (QED) is 0.227. The number of likely N-dealkylation sites (N-methyl/N-ethyl adjacent to an activating group) is 1. The van der Waals surface area contributed by atoms with Crippen LogP contribution in [0.4, 0.5) is 10.6 Å². The van der Waals surface area contributed by atoms with E-state index in [-0.39, 0.29) is 12.5 Å². The summed E-state index contributed by atoms with van der Waals surface area (Å²) in [6, 6.07) is 18.2. The van der Waals surface area contributed by atoms with Gasteiger partial charge in [0.2, 0.25) is 0 Å². The molecule has 1 aliphatic heterocycles. The number of nitrogens with zero attached hydrogens (tertiary/aromatic N) is 4. The predicted molar refractivity (Wildman–Crippen MR) is 153 cm³/mol. The van der Waals surface area contributed by atoms with Crippen LogP contribution in [0.2, 0.25) is 0 Å². The Balaban J connectivity index is 0.954. The zero-order valence-corrected chi connectivity index (χ0v) is 22.8. The van der Waals surface area contributed by atoms with E-state index in [9.17, 15) is 15.0 Å². The van der Waals surface area contributed by atoms with Gasteiger partial charge in [0.05, 0.1) is 5.39 Å². The third-order valence-electron chi connectivity index (χ3n) is 7.97. The summed E-state index contributed by atoms with van der Waals surface area (Å²) < 4.78 is 13.3. The normalized spacial score (nSPS) is 21.8. The Kier molecular flexibility index (Phi) is 7.59. The molecule has 0 saturated carbocycles. The number of carbonyl (C=O) groups is 1. The Morgan fingerprint density at radius 3 is 2.51 bits per heavy atom. The Morgan fingerprint density at radius 2 is 1.78 bits per heavy atom. The fourth-order valence-electron chi connectivity index (χ4n) is 5.89. The maximum atomic E-state index is 12.4. The molecule has 0 unspecified atom stereocenters. The van der Waals surface area contributed by atoms with Crippen molar-refractivity contribution < 1.29 is 24.5 Å². The summed E-state index contributed by atoms with van der Waals surface area (Å²) in [7, 11) is 1.90. The fourth-order valence-corrected chi connectivity index (χ4v) is 5.89. The van der Waals surface area contributed by atoms with Crippen molar-refractivity contribution in [3.63, 3.8) is 0 Å². The number of hydrogen-bond acceptors (Lipinski definition) is 9. The van der Waals surface area contributed by atoms with Crippen molar-refractivity contribution in [1.82, 2.24) is 24.8 Å². The van der Waals surface area contributed by atoms with Crippen molar-refractivity contribution in [2.75, 3.05) is 39.0 Å². The first kappa shape index (κ1) is 27.2. The summed E-state index contributed by atoms with van der Waals surface area (Å²) in [5.41, 5.74) is 11.2. The number of hydrogen-bond donors (Lipinski definition) is 4. The maximum absolute atomic E-state index is 12.4. The summed E-state index contributed by atoms with van der Waals surface area (Å²) in [5, 5.41) is 24.9. The topological polar surface area (TPSA) is 148 Å². The van der Waals surface area contributed by atoms with Crippen LogP contribution in [-0.4, -0.2) is 87.3 Å². The van der Waals surface area contributed by atoms with E-state index in [1.807, 2.05) is 36.2 Å². The van der Waals surface area contributed by atoms with Crippen molar-refractivity contribution in [1.29, 1.82) is 0 Å². The molecule has 6 rings (SSSR count). The smallest absolute Gasteiger partial charge is 0.407 e. The Morgan fingerprint density at radius 1 is 1.07 bits per heavy atom. The molecule has 214 valence electrons. The molecular formula is C30H34N6O5. The lowest BCUT2D eigenvalue weighted by atomic mass is 9.98. The molecule has 5 N–H and O–H groups in total. The van der Waals surface area contributed by atoms with Crippen molar-refractivity contribution in [3.8, 4) is 11.1 Å². The van der Waals surface area contributed by atoms with Gasteiger partial charge in [-0.2, -0.15) is 0 Å². The third-order valence-corrected chi connectivity index (χ3v) is 7.97. The second-order valence-electron chi connectivity index (χ2n) is 10.6. The van der Waals surface area contributed by atoms with Crippen molar-refractivity contribution in [3.05, 3.63) is 78.2 Å². The molecule has 1 saturated heterocycles. The monoisotopic (exact) mass is 558 g/mol. The van der Waals surface area contributed by atoms with E-state index in [0.29, 0.717) is 42.9 Å². The molecule has 4 atom stereocenters. The van der Waals surface area contributed by atoms with E-state index in [1.54, 1.807) is 16.8 Å². The zero-order valence-electron chi connectivity index (χ0n) is 22.8. The number of benzene rings is 2. The zero-order chi connectivity index (χ0) is 28.5. The van der Waals surface area contributed by atoms with Gasteiger partial charge >= 0.3 is 6.09 Å². The predicted octanol–water partition coefficient (Wildman–Crippen LogP) is 2.49. The van der Waals surface area contributed by atoms with E-state index in [1.165, 1.54) is 28.6 Å². The third kappa shape index (κ3) is 5.24. The number of alkyl carbamates (subject to hydrolysis) is 1. The highest BCUT2D eigenvalue weighted by Gasteiger charge is 2.44. The van der Waals surface area contributed by atoms with Gasteiger partial charge in [0.25, 0.3) is 0 Å². The van der Waals surface area contributed by atoms with Gasteiger partial charge in [-0.25, -0.2) is 14.8 Å². The van der Waals surface area contributed by atoms with Gasteiger partial charge in [-0.1, -0.05) is 48.5 Å². The van der Waals surface area contributed by atoms with Gasteiger partial charge in [-0.3, -0.25) is 0 Å². The minimum absolute atomic E-state index is 0.0191. The first-order valence-corrected chi connectivity index (χ1v) is 13.8. The first-order chi connectivity index (χ1) is 19.9. The van der Waals surface area contributed by atoms with Gasteiger partial charge in [0, 0.05) is 25.2 Å². The number of anilines is 1. The summed E-state index contributed by atoms with van der Waals surface area (Å²) in [6.45, 7) is 1.76. The number of aliphatic hydroxyl groups is 2. The van der Waals surface area contributed by atoms with Gasteiger partial charge in [0.15, 0.2) is 6.23 Å². The van der Waals surface area contributed by atoms with Crippen molar-refractivity contribution in [2.24, 2.45) is 0 Å². The van der Waals surface area contributed by atoms with Crippen LogP contribution in [0, 0.1) is 0 Å². The molecular weight excluding hydrogens is 524 g/mol. The summed E-state index contributed by atoms with van der Waals surface area (Å²) >= 11 is 0. The van der Waals surface area contributed by atoms with Crippen LogP contribution in [0.15, 0.2) is 67.1 Å². The Hall–Kier alpha value is -4.03. The molecule has 11 heteroatoms. The molecule has 1 fully saturated rings. The number of aromatic nitrogens is 3. The van der Waals surface area contributed by atoms with E-state index in [4.69, 9.17) is 15.2 Å². The van der Waals surface area contributed by atoms with Crippen molar-refractivity contribution >= 4 is 22.9 Å². The molecule has 2 aromatic heterocycles. The van der Waals surface area contributed by atoms with Crippen LogP contribution < -0.4 is 11.1 Å². The average Bonchev–Trinajstić information content (AvgIpc) is 3.63. The minimum atomic E-state index is -1.13. The average molecular weight is 559 g/mol. The van der Waals surface area contributed by atoms with Gasteiger partial charge in [-0.05, 0) is 48.3 Å². The molecule has 0 bridgehead atoms. The Labute approximate surface area is 237 Å². The second-order valence-corrected chi connectivity index (χ2v) is 10.6. The maximum Gasteiger partial charge on any atom is 0.407 e. The molecule has 41 heavy (non-hydrogen) atoms. The molecule has 2 aromatic carbocycles. The number of nitrogens with one attached hydrogen (secondary N) is 1. The summed E-state index contributed by atoms with van der Waals surface area (Å²) in [4.78, 5) is 22.7. The lowest BCUT2D eigenvalue weighted by molar-refractivity contribution is -0.0419. The minimum Gasteiger partial charge on any atom is -0.449 e. The first-order valence-electron chi connectivity index (χ1n) is 13.8. The van der Waals surface area contributed by atoms with Crippen LogP contribution >= 0.6 is 0 Å². The Bertz CT molecular complexity index is 1500. The van der Waals surface area contributed by atoms with Crippen LogP contribution in [-0.2, 0) is 9.47 Å². The van der Waals surface area contributed by atoms with Crippen LogP contribution in [0.1, 0.15) is 29.7 Å². The highest BCUT2D eigenvalue weighted by atomic mass is 16.6. The number of rotatable bonds is 9. The van der Waals surface area contributed by atoms with Gasteiger partial charge < -0.3 is 40.2 Å². The van der Waals surface area contributed by atoms with Crippen LogP contribution in [0.3, 0.4) is 0 Å². The molecule has 0 spiro atoms. The highest BCUT2D eigenvalue weighted by Crippen LogP contribution is 2.44. The SMILES string of the molecule is CN(CCCNC(=O)OCC1c2ccccc2-c2ccccc21)C[C@H]1O[C@@H](n2ccc3c(N)ncnc32)[C@H](O)[C@@H]1O. The molecule has 3 heterocycles. The number of fused-ring (bicyclic) bond motifs is 4. The number of nitrogens with two attached hydrogens (primary N) is 1. The van der Waals surface area contributed by atoms with Gasteiger partial charge in [-0.15, -0.1) is 0 Å². The van der Waals surface area contributed by atoms with E-state index >= 15 is 0 Å². The molecule has 4 aromatic rings. The van der Waals surface area contributed by atoms with Crippen molar-refractivity contribution in [2.45, 2.75) is 36.9 Å². The number of carbonyl (C=O) groups excluding carboxylic acids is 1. The number of amides is 1. The lowest BCUT2D eigenvalue weighted by Gasteiger charge is -2.23. The second kappa shape index (κ2) is 11.5. The van der Waals surface area contributed by atoms with Crippen LogP contribution in [0.5, 0.6) is 0 Å². The van der Waals surface area contributed by atoms with E-state index < -0.39 is 30.6 Å². The summed E-state index contributed by atoms with van der Waals surface area (Å²) in [6.07, 6.45) is -0.303. The molecule has 1 amide bonds. The molecule has 1 aliphatic carbocycles. The standard InChI is InChI=1S/C30H34N6O5/c1-35(15-24-25(37)26(38)29(41-24)36-14-11-22-27(31)33-17-34-28(22)36)13-6-12-32-30(39)40-16-23-20-9-4-2-7-18(20)19-8-3-5-10-21(19)23/h2-5,7-11,14,17,23-26,29,37-38H,6,12-13,15-16H2,1H3,(H,32,39)(H2,31,33,34)/t24-,25-,26-,29-/m1/s1. The molecule has 0 radical (unpaired) electrons. The number of ether oxygens (including phenoxy) is 2. The fraction of sp³-hybridized carbons (Fsp3) is 0.367. The molecule has 11 nitrogen and oxygen atoms in total. The van der Waals surface area contributed by atoms with E-state index in [2.05, 4.69) is 39.6 Å². The largest absolute Gasteiger partial charge is 0.449 e. The lowest BCUT2D eigenvalue weighted by Crippen LogP contribution is -2.39. The van der Waals surface area contributed by atoms with E-state index in [0.717, 1.165) is 0 Å². The molecule has 2 aliphatic rings. The number of nitrogen functional groups attached to an aromatic ring is 1. The highest BCUT2D eigenvalue weighted by molar-refractivity contribution is 5.86. The summed E-state index contributed by atoms with van der Waals surface area (Å²) in [5.74, 6) is 0.357. The number of aliphatic hydroxyl groups excluding tert-OH is 2. The van der Waals surface area contributed by atoms with Crippen LogP contribution in [0.25, 0.3) is 22.2 Å². The van der Waals surface area contributed by atoms with Gasteiger partial charge in [0.1, 0.15) is 42.7 Å².